The molecule has 0 saturated carbocycles. The summed E-state index contributed by atoms with van der Waals surface area (Å²) in [5.41, 5.74) is 6.78. The summed E-state index contributed by atoms with van der Waals surface area (Å²) >= 11 is 0. The fraction of sp³-hybridized carbons (Fsp3) is 0.304. The largest absolute Gasteiger partial charge is 0.370 e. The summed E-state index contributed by atoms with van der Waals surface area (Å²) < 4.78 is 0. The zero-order chi connectivity index (χ0) is 20.4. The van der Waals surface area contributed by atoms with Crippen LogP contribution in [-0.2, 0) is 17.6 Å². The molecule has 0 bridgehead atoms. The van der Waals surface area contributed by atoms with E-state index in [9.17, 15) is 4.79 Å². The molecule has 6 nitrogen and oxygen atoms in total. The number of nitrogens with zero attached hydrogens (tertiary/aromatic N) is 2. The third kappa shape index (κ3) is 3.46. The molecule has 2 aromatic heterocycles. The lowest BCUT2D eigenvalue weighted by molar-refractivity contribution is -0.112. The van der Waals surface area contributed by atoms with Crippen molar-refractivity contribution in [1.82, 2.24) is 15.2 Å². The number of aromatic nitrogens is 3. The standard InChI is InChI=1S/C23H27N5O/c1-4-18-20(14-24-27-18)26-23(29)15-9-7-10-16-17-11-8-12-21(28(5-2)6-3)22(17)25-19(16)13-15/h7-9,11-14,25H,4-6,10H2,1-3H3,(H,24,27)(H,26,29). The molecular weight excluding hydrogens is 362 g/mol. The van der Waals surface area contributed by atoms with Crippen molar-refractivity contribution in [2.24, 2.45) is 0 Å². The Kier molecular flexibility index (Phi) is 5.25. The van der Waals surface area contributed by atoms with E-state index in [4.69, 9.17) is 0 Å². The number of carbonyl (C=O) groups excluding carboxylic acids is 1. The van der Waals surface area contributed by atoms with Gasteiger partial charge in [0, 0.05) is 35.9 Å². The Balaban J connectivity index is 1.72. The van der Waals surface area contributed by atoms with Gasteiger partial charge in [-0.3, -0.25) is 9.89 Å². The minimum absolute atomic E-state index is 0.132. The summed E-state index contributed by atoms with van der Waals surface area (Å²) in [5.74, 6) is -0.132. The molecule has 3 aromatic rings. The average molecular weight is 390 g/mol. The number of allylic oxidation sites excluding steroid dienone is 1. The number of aryl methyl sites for hydroxylation is 1. The molecule has 150 valence electrons. The van der Waals surface area contributed by atoms with Crippen molar-refractivity contribution in [2.75, 3.05) is 23.3 Å². The van der Waals surface area contributed by atoms with Crippen LogP contribution in [0.5, 0.6) is 0 Å². The van der Waals surface area contributed by atoms with Crippen molar-refractivity contribution in [3.8, 4) is 0 Å². The van der Waals surface area contributed by atoms with Crippen molar-refractivity contribution in [3.05, 3.63) is 59.1 Å². The first kappa shape index (κ1) is 19.1. The molecule has 1 aromatic carbocycles. The highest BCUT2D eigenvalue weighted by Gasteiger charge is 2.18. The second-order valence-corrected chi connectivity index (χ2v) is 7.15. The maximum absolute atomic E-state index is 12.9. The maximum atomic E-state index is 12.9. The monoisotopic (exact) mass is 389 g/mol. The molecule has 29 heavy (non-hydrogen) atoms. The number of H-pyrrole nitrogens is 2. The van der Waals surface area contributed by atoms with E-state index in [1.807, 2.05) is 19.1 Å². The van der Waals surface area contributed by atoms with Crippen LogP contribution in [0.3, 0.4) is 0 Å². The number of benzene rings is 1. The number of aromatic amines is 2. The zero-order valence-corrected chi connectivity index (χ0v) is 17.2. The van der Waals surface area contributed by atoms with Crippen molar-refractivity contribution >= 4 is 34.3 Å². The van der Waals surface area contributed by atoms with E-state index in [-0.39, 0.29) is 5.91 Å². The zero-order valence-electron chi connectivity index (χ0n) is 17.2. The molecule has 0 radical (unpaired) electrons. The molecule has 0 saturated heterocycles. The number of fused-ring (bicyclic) bond motifs is 3. The smallest absolute Gasteiger partial charge is 0.255 e. The summed E-state index contributed by atoms with van der Waals surface area (Å²) in [7, 11) is 0. The SMILES string of the molecule is CCc1n[nH]cc1NC(=O)C1=Cc2[nH]c3c(N(CC)CC)cccc3c2CC=C1. The van der Waals surface area contributed by atoms with Gasteiger partial charge in [-0.05, 0) is 44.4 Å². The fourth-order valence-corrected chi connectivity index (χ4v) is 3.99. The number of rotatable bonds is 6. The number of para-hydroxylation sites is 1. The number of amides is 1. The highest BCUT2D eigenvalue weighted by Crippen LogP contribution is 2.33. The molecule has 0 aliphatic heterocycles. The van der Waals surface area contributed by atoms with Crippen LogP contribution in [0.4, 0.5) is 11.4 Å². The first-order valence-corrected chi connectivity index (χ1v) is 10.3. The van der Waals surface area contributed by atoms with Gasteiger partial charge in [0.2, 0.25) is 0 Å². The second kappa shape index (κ2) is 7.99. The Morgan fingerprint density at radius 3 is 2.83 bits per heavy atom. The van der Waals surface area contributed by atoms with E-state index in [0.717, 1.165) is 48.5 Å². The fourth-order valence-electron chi connectivity index (χ4n) is 3.99. The van der Waals surface area contributed by atoms with Crippen LogP contribution >= 0.6 is 0 Å². The molecule has 2 heterocycles. The van der Waals surface area contributed by atoms with Crippen LogP contribution in [0.15, 0.2) is 42.1 Å². The van der Waals surface area contributed by atoms with Crippen molar-refractivity contribution in [1.29, 1.82) is 0 Å². The summed E-state index contributed by atoms with van der Waals surface area (Å²) in [4.78, 5) is 18.8. The molecule has 0 spiro atoms. The van der Waals surface area contributed by atoms with Gasteiger partial charge in [0.05, 0.1) is 22.6 Å². The van der Waals surface area contributed by atoms with Crippen molar-refractivity contribution in [3.63, 3.8) is 0 Å². The Hall–Kier alpha value is -3.28. The molecule has 0 fully saturated rings. The highest BCUT2D eigenvalue weighted by atomic mass is 16.1. The number of nitrogens with one attached hydrogen (secondary N) is 3. The normalized spacial score (nSPS) is 13.1. The second-order valence-electron chi connectivity index (χ2n) is 7.15. The quantitative estimate of drug-likeness (QED) is 0.583. The van der Waals surface area contributed by atoms with E-state index in [1.165, 1.54) is 16.6 Å². The van der Waals surface area contributed by atoms with Gasteiger partial charge < -0.3 is 15.2 Å². The minimum Gasteiger partial charge on any atom is -0.370 e. The lowest BCUT2D eigenvalue weighted by Crippen LogP contribution is -2.21. The van der Waals surface area contributed by atoms with Crippen LogP contribution in [0.1, 0.15) is 37.7 Å². The molecule has 6 heteroatoms. The molecule has 0 unspecified atom stereocenters. The van der Waals surface area contributed by atoms with E-state index < -0.39 is 0 Å². The third-order valence-corrected chi connectivity index (χ3v) is 5.54. The number of hydrogen-bond acceptors (Lipinski definition) is 3. The number of hydrogen-bond donors (Lipinski definition) is 3. The first-order valence-electron chi connectivity index (χ1n) is 10.3. The molecule has 1 aliphatic rings. The summed E-state index contributed by atoms with van der Waals surface area (Å²) in [6, 6.07) is 6.42. The molecule has 3 N–H and O–H groups in total. The van der Waals surface area contributed by atoms with E-state index in [1.54, 1.807) is 6.20 Å². The Labute approximate surface area is 170 Å². The molecule has 1 amide bonds. The van der Waals surface area contributed by atoms with E-state index >= 15 is 0 Å². The average Bonchev–Trinajstić information content (AvgIpc) is 3.26. The maximum Gasteiger partial charge on any atom is 0.255 e. The van der Waals surface area contributed by atoms with Crippen LogP contribution in [0, 0.1) is 0 Å². The van der Waals surface area contributed by atoms with Crippen molar-refractivity contribution < 1.29 is 4.79 Å². The van der Waals surface area contributed by atoms with Gasteiger partial charge in [-0.25, -0.2) is 0 Å². The summed E-state index contributed by atoms with van der Waals surface area (Å²) in [6.07, 6.45) is 9.18. The topological polar surface area (TPSA) is 76.8 Å². The van der Waals surface area contributed by atoms with Crippen LogP contribution in [0.25, 0.3) is 17.0 Å². The highest BCUT2D eigenvalue weighted by molar-refractivity contribution is 6.10. The minimum atomic E-state index is -0.132. The van der Waals surface area contributed by atoms with Gasteiger partial charge in [0.25, 0.3) is 5.91 Å². The molecular formula is C23H27N5O. The summed E-state index contributed by atoms with van der Waals surface area (Å²) in [5, 5.41) is 11.2. The molecule has 0 atom stereocenters. The number of carbonyl (C=O) groups is 1. The molecule has 1 aliphatic carbocycles. The van der Waals surface area contributed by atoms with Crippen LogP contribution < -0.4 is 10.2 Å². The Morgan fingerprint density at radius 2 is 2.07 bits per heavy atom. The van der Waals surface area contributed by atoms with Gasteiger partial charge in [-0.15, -0.1) is 0 Å². The number of anilines is 2. The van der Waals surface area contributed by atoms with Crippen LogP contribution in [-0.4, -0.2) is 34.2 Å². The van der Waals surface area contributed by atoms with Gasteiger partial charge in [0.15, 0.2) is 0 Å². The van der Waals surface area contributed by atoms with Gasteiger partial charge in [-0.1, -0.05) is 31.2 Å². The van der Waals surface area contributed by atoms with Crippen molar-refractivity contribution in [2.45, 2.75) is 33.6 Å². The lowest BCUT2D eigenvalue weighted by Gasteiger charge is -2.21. The van der Waals surface area contributed by atoms with Gasteiger partial charge in [0.1, 0.15) is 0 Å². The van der Waals surface area contributed by atoms with E-state index in [0.29, 0.717) is 5.57 Å². The predicted molar refractivity (Wildman–Crippen MR) is 119 cm³/mol. The third-order valence-electron chi connectivity index (χ3n) is 5.54. The lowest BCUT2D eigenvalue weighted by atomic mass is 10.1. The summed E-state index contributed by atoms with van der Waals surface area (Å²) in [6.45, 7) is 8.25. The van der Waals surface area contributed by atoms with E-state index in [2.05, 4.69) is 63.5 Å². The Bertz CT molecular complexity index is 1100. The Morgan fingerprint density at radius 1 is 1.24 bits per heavy atom. The van der Waals surface area contributed by atoms with Gasteiger partial charge >= 0.3 is 0 Å². The van der Waals surface area contributed by atoms with Crippen LogP contribution in [0.2, 0.25) is 0 Å². The first-order chi connectivity index (χ1) is 14.2. The van der Waals surface area contributed by atoms with Gasteiger partial charge in [-0.2, -0.15) is 5.10 Å². The predicted octanol–water partition coefficient (Wildman–Crippen LogP) is 4.43. The molecule has 4 rings (SSSR count).